The summed E-state index contributed by atoms with van der Waals surface area (Å²) in [5.74, 6) is 1.99. The minimum atomic E-state index is 0. The van der Waals surface area contributed by atoms with Crippen LogP contribution >= 0.6 is 0 Å². The molecule has 0 spiro atoms. The third-order valence-corrected chi connectivity index (χ3v) is 3.99. The van der Waals surface area contributed by atoms with E-state index in [0.717, 1.165) is 22.8 Å². The van der Waals surface area contributed by atoms with Crippen LogP contribution in [0.3, 0.4) is 0 Å². The van der Waals surface area contributed by atoms with Gasteiger partial charge in [-0.1, -0.05) is 24.3 Å². The summed E-state index contributed by atoms with van der Waals surface area (Å²) in [5.41, 5.74) is 3.44. The Balaban J connectivity index is 0.00000169. The fourth-order valence-electron chi connectivity index (χ4n) is 2.87. The van der Waals surface area contributed by atoms with Gasteiger partial charge in [0.15, 0.2) is 5.52 Å². The minimum Gasteiger partial charge on any atom is -1.00 e. The lowest BCUT2D eigenvalue weighted by Crippen LogP contribution is -3.00. The van der Waals surface area contributed by atoms with E-state index in [1.54, 1.807) is 7.11 Å². The van der Waals surface area contributed by atoms with Crippen LogP contribution in [0, 0.1) is 0 Å². The number of fused-ring (bicyclic) bond motifs is 1. The van der Waals surface area contributed by atoms with E-state index in [2.05, 4.69) is 76.0 Å². The topological polar surface area (TPSA) is 17.5 Å². The lowest BCUT2D eigenvalue weighted by molar-refractivity contribution is -0.582. The average Bonchev–Trinajstić information content (AvgIpc) is 3.02. The normalized spacial score (nSPS) is 10.4. The standard InChI is InChI=1S/C20H17N2O.ClH/c1-23-19-12-10-17(11-13-19)22-15-18-9-5-6-14-21(18)20(22)16-7-3-2-4-8-16;/h2-15H,1H3;1H/q+1;/p-1. The summed E-state index contributed by atoms with van der Waals surface area (Å²) >= 11 is 0. The van der Waals surface area contributed by atoms with Crippen molar-refractivity contribution in [1.82, 2.24) is 4.40 Å². The molecule has 0 aliphatic carbocycles. The first-order chi connectivity index (χ1) is 11.4. The molecule has 0 unspecified atom stereocenters. The Labute approximate surface area is 147 Å². The van der Waals surface area contributed by atoms with Crippen molar-refractivity contribution in [2.24, 2.45) is 0 Å². The van der Waals surface area contributed by atoms with Gasteiger partial charge in [-0.3, -0.25) is 0 Å². The molecule has 24 heavy (non-hydrogen) atoms. The summed E-state index contributed by atoms with van der Waals surface area (Å²) in [4.78, 5) is 0. The number of aromatic nitrogens is 2. The quantitative estimate of drug-likeness (QED) is 0.508. The highest BCUT2D eigenvalue weighted by Crippen LogP contribution is 2.21. The molecule has 0 radical (unpaired) electrons. The van der Waals surface area contributed by atoms with Crippen molar-refractivity contribution in [3.05, 3.63) is 85.2 Å². The Kier molecular flexibility index (Phi) is 4.54. The molecule has 4 aromatic rings. The summed E-state index contributed by atoms with van der Waals surface area (Å²) in [6, 6.07) is 24.8. The maximum Gasteiger partial charge on any atom is 0.299 e. The van der Waals surface area contributed by atoms with E-state index >= 15 is 0 Å². The van der Waals surface area contributed by atoms with Gasteiger partial charge in [0.2, 0.25) is 0 Å². The van der Waals surface area contributed by atoms with Crippen LogP contribution in [0.1, 0.15) is 0 Å². The van der Waals surface area contributed by atoms with Crippen LogP contribution in [0.25, 0.3) is 22.6 Å². The van der Waals surface area contributed by atoms with Crippen molar-refractivity contribution < 1.29 is 21.7 Å². The van der Waals surface area contributed by atoms with Crippen LogP contribution in [0.15, 0.2) is 85.2 Å². The summed E-state index contributed by atoms with van der Waals surface area (Å²) < 4.78 is 9.68. The Morgan fingerprint density at radius 2 is 1.54 bits per heavy atom. The number of hydrogen-bond donors (Lipinski definition) is 0. The zero-order valence-electron chi connectivity index (χ0n) is 13.3. The van der Waals surface area contributed by atoms with Crippen molar-refractivity contribution in [2.45, 2.75) is 0 Å². The first-order valence-corrected chi connectivity index (χ1v) is 7.58. The summed E-state index contributed by atoms with van der Waals surface area (Å²) in [7, 11) is 1.68. The Morgan fingerprint density at radius 3 is 2.25 bits per heavy atom. The first-order valence-electron chi connectivity index (χ1n) is 7.58. The summed E-state index contributed by atoms with van der Waals surface area (Å²) in [6.45, 7) is 0. The van der Waals surface area contributed by atoms with Crippen molar-refractivity contribution in [1.29, 1.82) is 0 Å². The van der Waals surface area contributed by atoms with Gasteiger partial charge in [-0.05, 0) is 48.5 Å². The molecule has 4 heteroatoms. The summed E-state index contributed by atoms with van der Waals surface area (Å²) in [6.07, 6.45) is 4.25. The molecule has 0 aliphatic heterocycles. The maximum absolute atomic E-state index is 5.26. The second-order valence-electron chi connectivity index (χ2n) is 5.38. The molecular weight excluding hydrogens is 320 g/mol. The predicted molar refractivity (Wildman–Crippen MR) is 90.9 cm³/mol. The number of ether oxygens (including phenoxy) is 1. The lowest BCUT2D eigenvalue weighted by atomic mass is 10.2. The molecule has 0 saturated heterocycles. The van der Waals surface area contributed by atoms with Crippen LogP contribution in [0.5, 0.6) is 5.75 Å². The first kappa shape index (κ1) is 16.1. The van der Waals surface area contributed by atoms with Gasteiger partial charge in [0.1, 0.15) is 17.6 Å². The smallest absolute Gasteiger partial charge is 0.299 e. The number of hydrogen-bond acceptors (Lipinski definition) is 1. The molecule has 0 fully saturated rings. The molecule has 0 bridgehead atoms. The molecule has 3 nitrogen and oxygen atoms in total. The van der Waals surface area contributed by atoms with Crippen LogP contribution in [-0.4, -0.2) is 11.5 Å². The Hall–Kier alpha value is -2.78. The second-order valence-corrected chi connectivity index (χ2v) is 5.38. The van der Waals surface area contributed by atoms with Crippen molar-refractivity contribution in [2.75, 3.05) is 7.11 Å². The number of rotatable bonds is 3. The zero-order chi connectivity index (χ0) is 15.6. The van der Waals surface area contributed by atoms with Crippen LogP contribution < -0.4 is 21.7 Å². The lowest BCUT2D eigenvalue weighted by Gasteiger charge is -2.03. The number of methoxy groups -OCH3 is 1. The van der Waals surface area contributed by atoms with Crippen LogP contribution in [0.4, 0.5) is 0 Å². The molecule has 2 heterocycles. The third-order valence-electron chi connectivity index (χ3n) is 3.99. The van der Waals surface area contributed by atoms with Crippen LogP contribution in [-0.2, 0) is 0 Å². The molecule has 0 atom stereocenters. The third kappa shape index (κ3) is 2.74. The molecular formula is C20H17ClN2O. The molecule has 0 saturated carbocycles. The highest BCUT2D eigenvalue weighted by atomic mass is 35.5. The van der Waals surface area contributed by atoms with Gasteiger partial charge in [-0.15, -0.1) is 0 Å². The van der Waals surface area contributed by atoms with E-state index in [-0.39, 0.29) is 12.4 Å². The van der Waals surface area contributed by atoms with Gasteiger partial charge >= 0.3 is 0 Å². The molecule has 4 rings (SSSR count). The average molecular weight is 337 g/mol. The molecule has 0 amide bonds. The van der Waals surface area contributed by atoms with Gasteiger partial charge in [0, 0.05) is 0 Å². The largest absolute Gasteiger partial charge is 1.00 e. The Morgan fingerprint density at radius 1 is 0.833 bits per heavy atom. The minimum absolute atomic E-state index is 0. The molecule has 0 N–H and O–H groups in total. The van der Waals surface area contributed by atoms with E-state index in [4.69, 9.17) is 4.74 Å². The van der Waals surface area contributed by atoms with Crippen molar-refractivity contribution in [3.8, 4) is 22.8 Å². The van der Waals surface area contributed by atoms with Crippen molar-refractivity contribution in [3.63, 3.8) is 0 Å². The van der Waals surface area contributed by atoms with E-state index in [0.29, 0.717) is 0 Å². The van der Waals surface area contributed by atoms with E-state index in [1.807, 2.05) is 18.2 Å². The number of halogens is 1. The number of pyridine rings is 1. The number of imidazole rings is 1. The van der Waals surface area contributed by atoms with Gasteiger partial charge < -0.3 is 17.1 Å². The van der Waals surface area contributed by atoms with Crippen molar-refractivity contribution >= 4 is 5.52 Å². The summed E-state index contributed by atoms with van der Waals surface area (Å²) in [5, 5.41) is 0. The van der Waals surface area contributed by atoms with E-state index in [1.165, 1.54) is 5.56 Å². The highest BCUT2D eigenvalue weighted by molar-refractivity contribution is 5.59. The van der Waals surface area contributed by atoms with Gasteiger partial charge in [-0.2, -0.15) is 8.97 Å². The zero-order valence-corrected chi connectivity index (χ0v) is 14.0. The fraction of sp³-hybridized carbons (Fsp3) is 0.0500. The highest BCUT2D eigenvalue weighted by Gasteiger charge is 2.21. The molecule has 0 aliphatic rings. The van der Waals surface area contributed by atoms with E-state index < -0.39 is 0 Å². The SMILES string of the molecule is COc1ccc(-[n+]2cc3ccccn3c2-c2ccccc2)cc1.[Cl-]. The Bertz CT molecular complexity index is 946. The van der Waals surface area contributed by atoms with E-state index in [9.17, 15) is 0 Å². The second kappa shape index (κ2) is 6.77. The fourth-order valence-corrected chi connectivity index (χ4v) is 2.87. The van der Waals surface area contributed by atoms with Gasteiger partial charge in [0.25, 0.3) is 5.82 Å². The number of benzene rings is 2. The van der Waals surface area contributed by atoms with Gasteiger partial charge in [0.05, 0.1) is 18.9 Å². The van der Waals surface area contributed by atoms with Crippen LogP contribution in [0.2, 0.25) is 0 Å². The monoisotopic (exact) mass is 336 g/mol. The van der Waals surface area contributed by atoms with Gasteiger partial charge in [-0.25, -0.2) is 0 Å². The maximum atomic E-state index is 5.26. The molecule has 2 aromatic heterocycles. The predicted octanol–water partition coefficient (Wildman–Crippen LogP) is 0.896. The molecule has 2 aromatic carbocycles. The number of nitrogens with zero attached hydrogens (tertiary/aromatic N) is 2. The molecule has 120 valence electrons.